The van der Waals surface area contributed by atoms with Crippen molar-refractivity contribution in [3.8, 4) is 0 Å². The lowest BCUT2D eigenvalue weighted by Gasteiger charge is -2.05. The minimum absolute atomic E-state index is 0.0717. The van der Waals surface area contributed by atoms with Crippen LogP contribution in [-0.2, 0) is 9.59 Å². The Balaban J connectivity index is 3.76. The summed E-state index contributed by atoms with van der Waals surface area (Å²) in [6.45, 7) is 4.85. The number of allylic oxidation sites excluding steroid dienone is 1. The van der Waals surface area contributed by atoms with E-state index in [2.05, 4.69) is 12.3 Å². The molecule has 0 saturated carbocycles. The molecule has 1 atom stereocenters. The highest BCUT2D eigenvalue weighted by Gasteiger charge is 2.10. The standard InChI is InChI=1S/C10H15NO3S/c1-3-9(7(2)12)15-6-4-5-8(11)10(13)14/h8H,1,4-6,11H2,2H3,(H,13,14). The maximum Gasteiger partial charge on any atom is 0.320 e. The summed E-state index contributed by atoms with van der Waals surface area (Å²) in [5, 5.41) is 8.51. The summed E-state index contributed by atoms with van der Waals surface area (Å²) in [5.41, 5.74) is 7.86. The first-order chi connectivity index (χ1) is 6.99. The van der Waals surface area contributed by atoms with Crippen molar-refractivity contribution in [3.63, 3.8) is 0 Å². The molecule has 0 aromatic rings. The summed E-state index contributed by atoms with van der Waals surface area (Å²) in [7, 11) is 0. The van der Waals surface area contributed by atoms with Crippen LogP contribution in [0.2, 0.25) is 0 Å². The molecular weight excluding hydrogens is 214 g/mol. The van der Waals surface area contributed by atoms with E-state index in [1.165, 1.54) is 18.7 Å². The summed E-state index contributed by atoms with van der Waals surface area (Å²) in [5.74, 6) is -0.415. The van der Waals surface area contributed by atoms with Crippen LogP contribution in [0.1, 0.15) is 19.8 Å². The molecule has 0 spiro atoms. The highest BCUT2D eigenvalue weighted by molar-refractivity contribution is 8.03. The van der Waals surface area contributed by atoms with Gasteiger partial charge in [0.05, 0.1) is 4.91 Å². The second-order valence-corrected chi connectivity index (χ2v) is 4.10. The molecule has 0 aromatic carbocycles. The third-order valence-electron chi connectivity index (χ3n) is 1.70. The number of hydrogen-bond donors (Lipinski definition) is 2. The molecule has 4 nitrogen and oxygen atoms in total. The summed E-state index contributed by atoms with van der Waals surface area (Å²) in [6, 6.07) is -0.820. The Bertz CT molecular complexity index is 295. The number of carboxylic acid groups (broad SMARTS) is 1. The van der Waals surface area contributed by atoms with Crippen LogP contribution in [0, 0.1) is 0 Å². The van der Waals surface area contributed by atoms with Crippen LogP contribution in [0.3, 0.4) is 0 Å². The number of aliphatic carboxylic acids is 1. The van der Waals surface area contributed by atoms with Crippen molar-refractivity contribution in [2.75, 3.05) is 5.75 Å². The minimum atomic E-state index is -0.994. The van der Waals surface area contributed by atoms with Gasteiger partial charge in [0.25, 0.3) is 0 Å². The van der Waals surface area contributed by atoms with Gasteiger partial charge in [-0.25, -0.2) is 0 Å². The Morgan fingerprint density at radius 3 is 2.60 bits per heavy atom. The molecule has 0 rings (SSSR count). The van der Waals surface area contributed by atoms with Crippen molar-refractivity contribution in [1.82, 2.24) is 0 Å². The molecular formula is C10H15NO3S. The lowest BCUT2D eigenvalue weighted by Crippen LogP contribution is -2.29. The van der Waals surface area contributed by atoms with Gasteiger partial charge in [0, 0.05) is 6.92 Å². The normalized spacial score (nSPS) is 11.6. The number of carboxylic acids is 1. The lowest BCUT2D eigenvalue weighted by atomic mass is 10.2. The van der Waals surface area contributed by atoms with E-state index < -0.39 is 12.0 Å². The Morgan fingerprint density at radius 1 is 1.60 bits per heavy atom. The highest BCUT2D eigenvalue weighted by Crippen LogP contribution is 2.17. The zero-order valence-electron chi connectivity index (χ0n) is 8.66. The van der Waals surface area contributed by atoms with Gasteiger partial charge in [0.1, 0.15) is 6.04 Å². The predicted molar refractivity (Wildman–Crippen MR) is 60.6 cm³/mol. The number of hydrogen-bond acceptors (Lipinski definition) is 4. The maximum absolute atomic E-state index is 10.9. The van der Waals surface area contributed by atoms with Crippen LogP contribution in [-0.4, -0.2) is 28.7 Å². The van der Waals surface area contributed by atoms with Gasteiger partial charge < -0.3 is 10.8 Å². The van der Waals surface area contributed by atoms with Gasteiger partial charge in [0.15, 0.2) is 5.78 Å². The Labute approximate surface area is 93.2 Å². The molecule has 0 heterocycles. The van der Waals surface area contributed by atoms with Crippen LogP contribution in [0.15, 0.2) is 17.2 Å². The molecule has 3 N–H and O–H groups in total. The molecule has 0 aliphatic heterocycles. The smallest absolute Gasteiger partial charge is 0.320 e. The topological polar surface area (TPSA) is 80.4 Å². The van der Waals surface area contributed by atoms with Gasteiger partial charge in [-0.1, -0.05) is 6.58 Å². The number of carbonyl (C=O) groups excluding carboxylic acids is 1. The van der Waals surface area contributed by atoms with E-state index in [1.54, 1.807) is 0 Å². The van der Waals surface area contributed by atoms with Crippen molar-refractivity contribution < 1.29 is 14.7 Å². The number of Topliss-reactive ketones (excluding diaryl/α,β-unsaturated/α-hetero) is 1. The average molecular weight is 229 g/mol. The molecule has 0 aliphatic carbocycles. The van der Waals surface area contributed by atoms with Crippen molar-refractivity contribution in [3.05, 3.63) is 17.2 Å². The first kappa shape index (κ1) is 14.0. The summed E-state index contributed by atoms with van der Waals surface area (Å²) in [6.07, 6.45) is 1.06. The maximum atomic E-state index is 10.9. The summed E-state index contributed by atoms with van der Waals surface area (Å²) >= 11 is 1.33. The van der Waals surface area contributed by atoms with Gasteiger partial charge in [0.2, 0.25) is 0 Å². The van der Waals surface area contributed by atoms with Gasteiger partial charge in [-0.15, -0.1) is 17.5 Å². The SMILES string of the molecule is C=C=C(SCCCC(N)C(=O)O)C(C)=O. The van der Waals surface area contributed by atoms with Crippen LogP contribution in [0.25, 0.3) is 0 Å². The fourth-order valence-electron chi connectivity index (χ4n) is 0.878. The molecule has 5 heteroatoms. The van der Waals surface area contributed by atoms with Crippen molar-refractivity contribution >= 4 is 23.5 Å². The molecule has 0 amide bonds. The van der Waals surface area contributed by atoms with Gasteiger partial charge in [-0.05, 0) is 18.6 Å². The van der Waals surface area contributed by atoms with Crippen molar-refractivity contribution in [2.45, 2.75) is 25.8 Å². The Kier molecular flexibility index (Phi) is 6.79. The second-order valence-electron chi connectivity index (χ2n) is 3.00. The molecule has 84 valence electrons. The minimum Gasteiger partial charge on any atom is -0.480 e. The molecule has 0 aromatic heterocycles. The first-order valence-electron chi connectivity index (χ1n) is 4.51. The van der Waals surface area contributed by atoms with Crippen LogP contribution >= 0.6 is 11.8 Å². The van der Waals surface area contributed by atoms with Crippen LogP contribution < -0.4 is 5.73 Å². The van der Waals surface area contributed by atoms with E-state index in [-0.39, 0.29) is 5.78 Å². The molecule has 0 aliphatic rings. The van der Waals surface area contributed by atoms with Gasteiger partial charge >= 0.3 is 5.97 Å². The second kappa shape index (κ2) is 7.29. The number of thioether (sulfide) groups is 1. The average Bonchev–Trinajstić information content (AvgIpc) is 2.16. The molecule has 0 fully saturated rings. The molecule has 0 radical (unpaired) electrons. The lowest BCUT2D eigenvalue weighted by molar-refractivity contribution is -0.138. The number of rotatable bonds is 7. The van der Waals surface area contributed by atoms with Crippen molar-refractivity contribution in [2.24, 2.45) is 5.73 Å². The van der Waals surface area contributed by atoms with E-state index in [1.807, 2.05) is 0 Å². The number of carbonyl (C=O) groups is 2. The first-order valence-corrected chi connectivity index (χ1v) is 5.49. The van der Waals surface area contributed by atoms with Crippen molar-refractivity contribution in [1.29, 1.82) is 0 Å². The number of nitrogens with two attached hydrogens (primary N) is 1. The van der Waals surface area contributed by atoms with E-state index >= 15 is 0 Å². The van der Waals surface area contributed by atoms with E-state index in [4.69, 9.17) is 10.8 Å². The third kappa shape index (κ3) is 6.12. The number of ketones is 1. The third-order valence-corrected chi connectivity index (χ3v) is 2.92. The monoisotopic (exact) mass is 229 g/mol. The predicted octanol–water partition coefficient (Wildman–Crippen LogP) is 1.17. The summed E-state index contributed by atoms with van der Waals surface area (Å²) < 4.78 is 0. The van der Waals surface area contributed by atoms with Crippen LogP contribution in [0.4, 0.5) is 0 Å². The largest absolute Gasteiger partial charge is 0.480 e. The Morgan fingerprint density at radius 2 is 2.20 bits per heavy atom. The van der Waals surface area contributed by atoms with E-state index in [9.17, 15) is 9.59 Å². The molecule has 15 heavy (non-hydrogen) atoms. The van der Waals surface area contributed by atoms with E-state index in [0.29, 0.717) is 23.5 Å². The van der Waals surface area contributed by atoms with Gasteiger partial charge in [-0.2, -0.15) is 0 Å². The Hall–Kier alpha value is -1.03. The fraction of sp³-hybridized carbons (Fsp3) is 0.500. The fourth-order valence-corrected chi connectivity index (χ4v) is 1.70. The van der Waals surface area contributed by atoms with Crippen LogP contribution in [0.5, 0.6) is 0 Å². The zero-order valence-corrected chi connectivity index (χ0v) is 9.47. The quantitative estimate of drug-likeness (QED) is 0.389. The van der Waals surface area contributed by atoms with Gasteiger partial charge in [-0.3, -0.25) is 9.59 Å². The highest BCUT2D eigenvalue weighted by atomic mass is 32.2. The molecule has 1 unspecified atom stereocenters. The molecule has 0 bridgehead atoms. The molecule has 0 saturated heterocycles. The summed E-state index contributed by atoms with van der Waals surface area (Å²) in [4.78, 5) is 21.8. The zero-order chi connectivity index (χ0) is 11.8. The van der Waals surface area contributed by atoms with E-state index in [0.717, 1.165) is 0 Å².